The molecule has 3 aromatic rings. The molecule has 20 heteroatoms. The highest BCUT2D eigenvalue weighted by molar-refractivity contribution is 6.05. The van der Waals surface area contributed by atoms with E-state index in [4.69, 9.17) is 9.47 Å². The van der Waals surface area contributed by atoms with Crippen LogP contribution < -0.4 is 20.1 Å². The smallest absolute Gasteiger partial charge is 0.416 e. The van der Waals surface area contributed by atoms with Gasteiger partial charge in [0, 0.05) is 0 Å². The second kappa shape index (κ2) is 11.6. The molecule has 0 fully saturated rings. The Bertz CT molecular complexity index is 1920. The van der Waals surface area contributed by atoms with Gasteiger partial charge in [0.2, 0.25) is 11.8 Å². The van der Waals surface area contributed by atoms with Crippen molar-refractivity contribution in [1.82, 2.24) is 0 Å². The molecule has 2 aliphatic heterocycles. The van der Waals surface area contributed by atoms with E-state index in [0.29, 0.717) is 0 Å². The first-order valence-corrected chi connectivity index (χ1v) is 12.9. The van der Waals surface area contributed by atoms with Gasteiger partial charge < -0.3 is 20.1 Å². The summed E-state index contributed by atoms with van der Waals surface area (Å²) in [6, 6.07) is 5.74. The Balaban J connectivity index is 2.02. The first kappa shape index (κ1) is 34.8. The Kier molecular flexibility index (Phi) is 8.04. The Labute approximate surface area is 269 Å². The maximum atomic E-state index is 13.9. The summed E-state index contributed by atoms with van der Waals surface area (Å²) >= 11 is 0. The summed E-state index contributed by atoms with van der Waals surface area (Å²) in [6.45, 7) is 0. The van der Waals surface area contributed by atoms with E-state index in [1.54, 1.807) is 0 Å². The lowest BCUT2D eigenvalue weighted by Gasteiger charge is -2.20. The Morgan fingerprint density at radius 1 is 0.460 bits per heavy atom. The maximum Gasteiger partial charge on any atom is 0.416 e. The van der Waals surface area contributed by atoms with Crippen molar-refractivity contribution in [3.8, 4) is 58.0 Å². The minimum absolute atomic E-state index is 0.191. The molecule has 0 bridgehead atoms. The summed E-state index contributed by atoms with van der Waals surface area (Å²) < 4.78 is 178. The van der Waals surface area contributed by atoms with Crippen LogP contribution in [0.25, 0.3) is 22.3 Å². The molecule has 2 N–H and O–H groups in total. The average molecular weight is 712 g/mol. The van der Waals surface area contributed by atoms with E-state index in [2.05, 4.69) is 10.6 Å². The molecule has 0 saturated carbocycles. The minimum atomic E-state index is -5.42. The zero-order chi connectivity index (χ0) is 37.1. The average Bonchev–Trinajstić information content (AvgIpc) is 3.64. The van der Waals surface area contributed by atoms with E-state index < -0.39 is 115 Å². The van der Waals surface area contributed by atoms with E-state index in [-0.39, 0.29) is 36.4 Å². The van der Waals surface area contributed by atoms with E-state index >= 15 is 0 Å². The highest BCUT2D eigenvalue weighted by atomic mass is 19.4. The maximum absolute atomic E-state index is 13.9. The summed E-state index contributed by atoms with van der Waals surface area (Å²) in [6.07, 6.45) is -21.7. The van der Waals surface area contributed by atoms with E-state index in [1.807, 2.05) is 0 Å². The highest BCUT2D eigenvalue weighted by Crippen LogP contribution is 2.61. The normalized spacial score (nSPS) is 13.7. The van der Waals surface area contributed by atoms with Crippen LogP contribution in [0.3, 0.4) is 0 Å². The van der Waals surface area contributed by atoms with Gasteiger partial charge in [0.15, 0.2) is 22.6 Å². The minimum Gasteiger partial charge on any atom is -0.436 e. The molecule has 50 heavy (non-hydrogen) atoms. The van der Waals surface area contributed by atoms with E-state index in [9.17, 15) is 73.7 Å². The number of allylic oxidation sites excluding steroid dienone is 2. The van der Waals surface area contributed by atoms with Gasteiger partial charge in [-0.2, -0.15) is 73.7 Å². The topological polar surface area (TPSA) is 138 Å². The molecule has 3 aromatic carbocycles. The number of alkyl halides is 12. The fraction of sp³-hybridized carbons (Fsp3) is 0.133. The molecule has 0 spiro atoms. The first-order valence-electron chi connectivity index (χ1n) is 12.9. The molecule has 0 unspecified atom stereocenters. The number of nitriles is 4. The SMILES string of the molecule is N#CC(C#N)=C1Nc2c(c(-c3cc(C(F)(F)F)cc(C(F)(F)F)c3)c3c(c2-c2cc(C(F)(F)F)cc(C(F)(F)F)c2)OC(=C(C#N)C#N)N3)O1. The number of fused-ring (bicyclic) bond motifs is 2. The van der Waals surface area contributed by atoms with Gasteiger partial charge in [0.05, 0.1) is 44.8 Å². The van der Waals surface area contributed by atoms with Crippen molar-refractivity contribution in [1.29, 1.82) is 21.0 Å². The van der Waals surface area contributed by atoms with Crippen LogP contribution in [0.4, 0.5) is 64.1 Å². The molecular weight excluding hydrogens is 704 g/mol. The number of hydrogen-bond acceptors (Lipinski definition) is 8. The van der Waals surface area contributed by atoms with Crippen LogP contribution >= 0.6 is 0 Å². The molecule has 2 heterocycles. The Morgan fingerprint density at radius 2 is 0.720 bits per heavy atom. The first-order chi connectivity index (χ1) is 23.1. The molecule has 0 aromatic heterocycles. The third-order valence-electron chi connectivity index (χ3n) is 6.95. The molecular formula is C30H8F12N6O2. The molecule has 254 valence electrons. The van der Waals surface area contributed by atoms with Crippen LogP contribution in [-0.4, -0.2) is 0 Å². The lowest BCUT2D eigenvalue weighted by atomic mass is 9.90. The molecule has 0 atom stereocenters. The third-order valence-corrected chi connectivity index (χ3v) is 6.95. The molecule has 0 aliphatic carbocycles. The van der Waals surface area contributed by atoms with Gasteiger partial charge in [0.25, 0.3) is 0 Å². The van der Waals surface area contributed by atoms with Crippen molar-refractivity contribution >= 4 is 11.4 Å². The quantitative estimate of drug-likeness (QED) is 0.198. The zero-order valence-electron chi connectivity index (χ0n) is 23.6. The van der Waals surface area contributed by atoms with Gasteiger partial charge in [-0.15, -0.1) is 0 Å². The van der Waals surface area contributed by atoms with Crippen LogP contribution in [0.15, 0.2) is 59.3 Å². The number of rotatable bonds is 2. The number of hydrogen-bond donors (Lipinski definition) is 2. The van der Waals surface area contributed by atoms with Gasteiger partial charge in [-0.1, -0.05) is 0 Å². The van der Waals surface area contributed by atoms with Crippen LogP contribution in [0.1, 0.15) is 22.3 Å². The predicted molar refractivity (Wildman–Crippen MR) is 142 cm³/mol. The summed E-state index contributed by atoms with van der Waals surface area (Å²) in [5.41, 5.74) is -14.6. The van der Waals surface area contributed by atoms with Crippen LogP contribution in [0.2, 0.25) is 0 Å². The standard InChI is InChI=1S/C30H8F12N6O2/c31-27(32,33)15-1-11(2-16(5-15)28(34,35)36)19-21-24(50-25(47-21)13(7-43)8-44)20(22-23(19)49-26(48-22)14(9-45)10-46)12-3-17(29(37,38)39)6-18(4-12)30(40,41)42/h1-6,47-48H. The largest absolute Gasteiger partial charge is 0.436 e. The second-order valence-electron chi connectivity index (χ2n) is 10.1. The molecule has 0 amide bonds. The van der Waals surface area contributed by atoms with Crippen LogP contribution in [0, 0.1) is 45.3 Å². The fourth-order valence-electron chi connectivity index (χ4n) is 4.86. The number of benzene rings is 3. The van der Waals surface area contributed by atoms with Gasteiger partial charge in [-0.05, 0) is 47.5 Å². The molecule has 5 rings (SSSR count). The number of anilines is 2. The van der Waals surface area contributed by atoms with Gasteiger partial charge in [-0.3, -0.25) is 0 Å². The number of nitrogens with zero attached hydrogens (tertiary/aromatic N) is 4. The predicted octanol–water partition coefficient (Wildman–Crippen LogP) is 9.22. The third kappa shape index (κ3) is 6.10. The summed E-state index contributed by atoms with van der Waals surface area (Å²) in [5.74, 6) is -3.54. The zero-order valence-corrected chi connectivity index (χ0v) is 23.6. The van der Waals surface area contributed by atoms with Crippen LogP contribution in [0.5, 0.6) is 11.5 Å². The van der Waals surface area contributed by atoms with Crippen molar-refractivity contribution < 1.29 is 62.2 Å². The van der Waals surface area contributed by atoms with Crippen molar-refractivity contribution in [2.24, 2.45) is 0 Å². The Morgan fingerprint density at radius 3 is 0.940 bits per heavy atom. The van der Waals surface area contributed by atoms with Gasteiger partial charge in [-0.25, -0.2) is 0 Å². The summed E-state index contributed by atoms with van der Waals surface area (Å²) in [4.78, 5) is 0. The van der Waals surface area contributed by atoms with Crippen molar-refractivity contribution in [2.75, 3.05) is 10.6 Å². The number of halogens is 12. The monoisotopic (exact) mass is 712 g/mol. The van der Waals surface area contributed by atoms with Crippen LogP contribution in [-0.2, 0) is 24.7 Å². The number of nitrogens with one attached hydrogen (secondary N) is 2. The van der Waals surface area contributed by atoms with Crippen molar-refractivity contribution in [3.05, 3.63) is 81.6 Å². The van der Waals surface area contributed by atoms with Crippen molar-refractivity contribution in [2.45, 2.75) is 24.7 Å². The molecule has 8 nitrogen and oxygen atoms in total. The van der Waals surface area contributed by atoms with Crippen molar-refractivity contribution in [3.63, 3.8) is 0 Å². The lowest BCUT2D eigenvalue weighted by molar-refractivity contribution is -0.144. The molecule has 0 radical (unpaired) electrons. The summed E-state index contributed by atoms with van der Waals surface area (Å²) in [5, 5.41) is 42.2. The van der Waals surface area contributed by atoms with Gasteiger partial charge in [0.1, 0.15) is 24.3 Å². The molecule has 0 saturated heterocycles. The lowest BCUT2D eigenvalue weighted by Crippen LogP contribution is -2.11. The second-order valence-corrected chi connectivity index (χ2v) is 10.1. The fourth-order valence-corrected chi connectivity index (χ4v) is 4.86. The Hall–Kier alpha value is -6.54. The summed E-state index contributed by atoms with van der Waals surface area (Å²) in [7, 11) is 0. The van der Waals surface area contributed by atoms with Gasteiger partial charge >= 0.3 is 24.7 Å². The van der Waals surface area contributed by atoms with E-state index in [1.165, 1.54) is 24.3 Å². The molecule has 2 aliphatic rings. The number of ether oxygens (including phenoxy) is 2. The highest BCUT2D eigenvalue weighted by Gasteiger charge is 2.43. The van der Waals surface area contributed by atoms with E-state index in [0.717, 1.165) is 0 Å².